The Balaban J connectivity index is 1.57. The van der Waals surface area contributed by atoms with Crippen molar-refractivity contribution in [3.05, 3.63) is 52.1 Å². The van der Waals surface area contributed by atoms with Crippen molar-refractivity contribution in [3.63, 3.8) is 0 Å². The molecule has 1 unspecified atom stereocenters. The van der Waals surface area contributed by atoms with Gasteiger partial charge in [-0.1, -0.05) is 6.07 Å². The van der Waals surface area contributed by atoms with Crippen LogP contribution in [0.15, 0.2) is 40.1 Å². The van der Waals surface area contributed by atoms with Gasteiger partial charge in [0, 0.05) is 17.5 Å². The third kappa shape index (κ3) is 4.33. The lowest BCUT2D eigenvalue weighted by Gasteiger charge is -2.26. The summed E-state index contributed by atoms with van der Waals surface area (Å²) in [7, 11) is 0. The molecule has 0 aromatic carbocycles. The number of nitrogens with one attached hydrogen (secondary N) is 1. The molecule has 4 nitrogen and oxygen atoms in total. The van der Waals surface area contributed by atoms with Crippen molar-refractivity contribution in [1.29, 1.82) is 0 Å². The molecule has 0 bridgehead atoms. The van der Waals surface area contributed by atoms with Crippen LogP contribution in [0.25, 0.3) is 6.08 Å². The molecule has 1 aliphatic rings. The standard InChI is InChI=1S/C18H22N2O2S/c1-14-6-7-15(22-14)8-9-18(21)19-13-16(17-5-4-12-23-17)20-10-2-3-11-20/h4-9,12,16H,2-3,10-11,13H2,1H3,(H,19,21)/b9-8+. The smallest absolute Gasteiger partial charge is 0.244 e. The number of thiophene rings is 1. The fraction of sp³-hybridized carbons (Fsp3) is 0.389. The highest BCUT2D eigenvalue weighted by Crippen LogP contribution is 2.27. The van der Waals surface area contributed by atoms with Crippen LogP contribution in [-0.2, 0) is 4.79 Å². The first-order valence-corrected chi connectivity index (χ1v) is 8.90. The fourth-order valence-corrected chi connectivity index (χ4v) is 3.76. The van der Waals surface area contributed by atoms with Crippen LogP contribution in [0.2, 0.25) is 0 Å². The van der Waals surface area contributed by atoms with Gasteiger partial charge in [0.25, 0.3) is 0 Å². The van der Waals surface area contributed by atoms with E-state index in [1.807, 2.05) is 19.1 Å². The van der Waals surface area contributed by atoms with Gasteiger partial charge >= 0.3 is 0 Å². The summed E-state index contributed by atoms with van der Waals surface area (Å²) in [6, 6.07) is 8.25. The number of likely N-dealkylation sites (tertiary alicyclic amines) is 1. The lowest BCUT2D eigenvalue weighted by Crippen LogP contribution is -2.35. The minimum Gasteiger partial charge on any atom is -0.462 e. The zero-order valence-corrected chi connectivity index (χ0v) is 14.1. The van der Waals surface area contributed by atoms with E-state index in [1.165, 1.54) is 23.8 Å². The quantitative estimate of drug-likeness (QED) is 0.823. The Hall–Kier alpha value is -1.85. The van der Waals surface area contributed by atoms with Crippen LogP contribution in [0.1, 0.15) is 35.3 Å². The lowest BCUT2D eigenvalue weighted by atomic mass is 10.2. The average molecular weight is 330 g/mol. The Bertz CT molecular complexity index is 654. The van der Waals surface area contributed by atoms with Crippen LogP contribution in [0.3, 0.4) is 0 Å². The summed E-state index contributed by atoms with van der Waals surface area (Å²) in [5.41, 5.74) is 0. The molecular weight excluding hydrogens is 308 g/mol. The third-order valence-corrected chi connectivity index (χ3v) is 5.06. The number of carbonyl (C=O) groups is 1. The summed E-state index contributed by atoms with van der Waals surface area (Å²) in [4.78, 5) is 15.8. The average Bonchev–Trinajstić information content (AvgIpc) is 3.28. The predicted molar refractivity (Wildman–Crippen MR) is 93.4 cm³/mol. The van der Waals surface area contributed by atoms with Crippen LogP contribution in [0.5, 0.6) is 0 Å². The Labute approximate surface area is 140 Å². The van der Waals surface area contributed by atoms with Crippen molar-refractivity contribution in [2.45, 2.75) is 25.8 Å². The van der Waals surface area contributed by atoms with Gasteiger partial charge in [0.05, 0.1) is 6.04 Å². The van der Waals surface area contributed by atoms with E-state index >= 15 is 0 Å². The molecule has 122 valence electrons. The van der Waals surface area contributed by atoms with Crippen LogP contribution < -0.4 is 5.32 Å². The zero-order chi connectivity index (χ0) is 16.1. The molecule has 23 heavy (non-hydrogen) atoms. The van der Waals surface area contributed by atoms with Crippen molar-refractivity contribution in [2.75, 3.05) is 19.6 Å². The second-order valence-electron chi connectivity index (χ2n) is 5.80. The molecule has 2 aromatic rings. The molecule has 5 heteroatoms. The molecule has 0 radical (unpaired) electrons. The Morgan fingerprint density at radius 1 is 1.39 bits per heavy atom. The molecule has 1 saturated heterocycles. The SMILES string of the molecule is Cc1ccc(/C=C/C(=O)NCC(c2cccs2)N2CCCC2)o1. The van der Waals surface area contributed by atoms with E-state index in [2.05, 4.69) is 27.7 Å². The Morgan fingerprint density at radius 2 is 2.22 bits per heavy atom. The summed E-state index contributed by atoms with van der Waals surface area (Å²) in [5.74, 6) is 1.46. The number of amides is 1. The van der Waals surface area contributed by atoms with Crippen molar-refractivity contribution < 1.29 is 9.21 Å². The number of hydrogen-bond donors (Lipinski definition) is 1. The molecule has 1 fully saturated rings. The number of nitrogens with zero attached hydrogens (tertiary/aromatic N) is 1. The largest absolute Gasteiger partial charge is 0.462 e. The van der Waals surface area contributed by atoms with Crippen LogP contribution in [0.4, 0.5) is 0 Å². The van der Waals surface area contributed by atoms with E-state index in [-0.39, 0.29) is 11.9 Å². The third-order valence-electron chi connectivity index (χ3n) is 4.08. The van der Waals surface area contributed by atoms with Gasteiger partial charge in [-0.2, -0.15) is 0 Å². The van der Waals surface area contributed by atoms with Gasteiger partial charge in [0.15, 0.2) is 0 Å². The molecule has 3 heterocycles. The fourth-order valence-electron chi connectivity index (χ4n) is 2.90. The number of carbonyl (C=O) groups excluding carboxylic acids is 1. The number of hydrogen-bond acceptors (Lipinski definition) is 4. The summed E-state index contributed by atoms with van der Waals surface area (Å²) in [5, 5.41) is 5.12. The highest BCUT2D eigenvalue weighted by atomic mass is 32.1. The normalized spacial score (nSPS) is 16.9. The first-order chi connectivity index (χ1) is 11.2. The summed E-state index contributed by atoms with van der Waals surface area (Å²) >= 11 is 1.76. The highest BCUT2D eigenvalue weighted by molar-refractivity contribution is 7.10. The molecule has 0 saturated carbocycles. The van der Waals surface area contributed by atoms with Gasteiger partial charge in [-0.15, -0.1) is 11.3 Å². The van der Waals surface area contributed by atoms with E-state index in [1.54, 1.807) is 17.4 Å². The predicted octanol–water partition coefficient (Wildman–Crippen LogP) is 3.62. The van der Waals surface area contributed by atoms with Crippen LogP contribution in [-0.4, -0.2) is 30.4 Å². The molecule has 2 aromatic heterocycles. The van der Waals surface area contributed by atoms with Gasteiger partial charge in [-0.3, -0.25) is 9.69 Å². The molecule has 3 rings (SSSR count). The second-order valence-corrected chi connectivity index (χ2v) is 6.78. The van der Waals surface area contributed by atoms with Gasteiger partial charge in [-0.25, -0.2) is 0 Å². The summed E-state index contributed by atoms with van der Waals surface area (Å²) < 4.78 is 5.43. The van der Waals surface area contributed by atoms with Gasteiger partial charge in [0.2, 0.25) is 5.91 Å². The van der Waals surface area contributed by atoms with E-state index in [0.717, 1.165) is 18.8 Å². The van der Waals surface area contributed by atoms with E-state index in [0.29, 0.717) is 12.3 Å². The van der Waals surface area contributed by atoms with E-state index in [9.17, 15) is 4.79 Å². The van der Waals surface area contributed by atoms with Crippen LogP contribution in [0, 0.1) is 6.92 Å². The first kappa shape index (κ1) is 16.0. The molecular formula is C18H22N2O2S. The maximum absolute atomic E-state index is 12.1. The first-order valence-electron chi connectivity index (χ1n) is 8.02. The number of furan rings is 1. The van der Waals surface area contributed by atoms with Gasteiger partial charge < -0.3 is 9.73 Å². The van der Waals surface area contributed by atoms with Crippen molar-refractivity contribution in [1.82, 2.24) is 10.2 Å². The summed E-state index contributed by atoms with van der Waals surface area (Å²) in [6.07, 6.45) is 5.73. The highest BCUT2D eigenvalue weighted by Gasteiger charge is 2.24. The van der Waals surface area contributed by atoms with E-state index in [4.69, 9.17) is 4.42 Å². The summed E-state index contributed by atoms with van der Waals surface area (Å²) in [6.45, 7) is 4.75. The molecule has 1 N–H and O–H groups in total. The maximum Gasteiger partial charge on any atom is 0.244 e. The number of rotatable bonds is 6. The monoisotopic (exact) mass is 330 g/mol. The lowest BCUT2D eigenvalue weighted by molar-refractivity contribution is -0.116. The molecule has 0 aliphatic carbocycles. The van der Waals surface area contributed by atoms with Crippen molar-refractivity contribution >= 4 is 23.3 Å². The molecule has 0 spiro atoms. The van der Waals surface area contributed by atoms with Crippen molar-refractivity contribution in [2.24, 2.45) is 0 Å². The topological polar surface area (TPSA) is 45.5 Å². The Morgan fingerprint density at radius 3 is 2.87 bits per heavy atom. The number of aryl methyl sites for hydroxylation is 1. The Kier molecular flexibility index (Phi) is 5.31. The van der Waals surface area contributed by atoms with Crippen molar-refractivity contribution in [3.8, 4) is 0 Å². The zero-order valence-electron chi connectivity index (χ0n) is 13.3. The van der Waals surface area contributed by atoms with Crippen LogP contribution >= 0.6 is 11.3 Å². The van der Waals surface area contributed by atoms with E-state index < -0.39 is 0 Å². The van der Waals surface area contributed by atoms with Gasteiger partial charge in [-0.05, 0) is 62.5 Å². The molecule has 1 atom stereocenters. The second kappa shape index (κ2) is 7.62. The van der Waals surface area contributed by atoms with Gasteiger partial charge in [0.1, 0.15) is 11.5 Å². The maximum atomic E-state index is 12.1. The minimum atomic E-state index is -0.0835. The minimum absolute atomic E-state index is 0.0835. The molecule has 1 amide bonds. The molecule has 1 aliphatic heterocycles.